The molecule has 0 saturated heterocycles. The lowest BCUT2D eigenvalue weighted by Gasteiger charge is -2.32. The highest BCUT2D eigenvalue weighted by Gasteiger charge is 2.43. The number of nitrogens with zero attached hydrogens (tertiary/aromatic N) is 1. The Balaban J connectivity index is 1.76. The SMILES string of the molecule is COc1cccc(C2CC(=O)N(c3ccc(C(F)(F)F)cc3)C3=C2C(=O)OC3)c1. The topological polar surface area (TPSA) is 55.8 Å². The molecule has 0 fully saturated rings. The minimum Gasteiger partial charge on any atom is -0.497 e. The number of esters is 1. The van der Waals surface area contributed by atoms with Crippen LogP contribution in [0.15, 0.2) is 59.8 Å². The first-order valence-corrected chi connectivity index (χ1v) is 8.84. The molecule has 2 heterocycles. The van der Waals surface area contributed by atoms with Crippen molar-refractivity contribution in [2.24, 2.45) is 0 Å². The van der Waals surface area contributed by atoms with Crippen molar-refractivity contribution in [1.29, 1.82) is 0 Å². The summed E-state index contributed by atoms with van der Waals surface area (Å²) in [4.78, 5) is 26.6. The smallest absolute Gasteiger partial charge is 0.416 e. The van der Waals surface area contributed by atoms with E-state index in [9.17, 15) is 22.8 Å². The maximum absolute atomic E-state index is 12.9. The third kappa shape index (κ3) is 3.35. The normalized spacial score (nSPS) is 19.3. The first kappa shape index (κ1) is 19.0. The van der Waals surface area contributed by atoms with E-state index in [2.05, 4.69) is 0 Å². The summed E-state index contributed by atoms with van der Waals surface area (Å²) in [5, 5.41) is 0. The number of carbonyl (C=O) groups is 2. The Morgan fingerprint density at radius 3 is 2.48 bits per heavy atom. The van der Waals surface area contributed by atoms with Crippen LogP contribution in [0.25, 0.3) is 0 Å². The molecule has 5 nitrogen and oxygen atoms in total. The summed E-state index contributed by atoms with van der Waals surface area (Å²) in [6, 6.07) is 11.3. The second-order valence-corrected chi connectivity index (χ2v) is 6.74. The van der Waals surface area contributed by atoms with Gasteiger partial charge in [0, 0.05) is 18.0 Å². The number of amides is 1. The molecule has 0 aliphatic carbocycles. The van der Waals surface area contributed by atoms with E-state index in [0.717, 1.165) is 17.7 Å². The van der Waals surface area contributed by atoms with Crippen LogP contribution in [0, 0.1) is 0 Å². The van der Waals surface area contributed by atoms with Gasteiger partial charge in [-0.3, -0.25) is 9.69 Å². The number of carbonyl (C=O) groups excluding carboxylic acids is 2. The molecule has 0 aromatic heterocycles. The third-order valence-electron chi connectivity index (χ3n) is 5.07. The van der Waals surface area contributed by atoms with Crippen molar-refractivity contribution < 1.29 is 32.2 Å². The second kappa shape index (κ2) is 6.95. The summed E-state index contributed by atoms with van der Waals surface area (Å²) in [5.41, 5.74) is 0.888. The number of cyclic esters (lactones) is 1. The van der Waals surface area contributed by atoms with Gasteiger partial charge in [-0.25, -0.2) is 4.79 Å². The average molecular weight is 403 g/mol. The van der Waals surface area contributed by atoms with Crippen LogP contribution in [-0.2, 0) is 20.5 Å². The van der Waals surface area contributed by atoms with E-state index in [1.54, 1.807) is 24.3 Å². The number of hydrogen-bond acceptors (Lipinski definition) is 4. The van der Waals surface area contributed by atoms with E-state index in [1.807, 2.05) is 0 Å². The molecule has 150 valence electrons. The largest absolute Gasteiger partial charge is 0.497 e. The van der Waals surface area contributed by atoms with Gasteiger partial charge in [0.25, 0.3) is 0 Å². The van der Waals surface area contributed by atoms with Crippen LogP contribution in [0.3, 0.4) is 0 Å². The number of alkyl halides is 3. The molecule has 1 unspecified atom stereocenters. The van der Waals surface area contributed by atoms with Gasteiger partial charge in [0.15, 0.2) is 0 Å². The van der Waals surface area contributed by atoms with Crippen molar-refractivity contribution in [2.75, 3.05) is 18.6 Å². The fraction of sp³-hybridized carbons (Fsp3) is 0.238. The molecule has 29 heavy (non-hydrogen) atoms. The van der Waals surface area contributed by atoms with Gasteiger partial charge in [0.05, 0.1) is 23.9 Å². The quantitative estimate of drug-likeness (QED) is 0.726. The molecule has 0 radical (unpaired) electrons. The summed E-state index contributed by atoms with van der Waals surface area (Å²) >= 11 is 0. The molecular formula is C21H16F3NO4. The predicted octanol–water partition coefficient (Wildman–Crippen LogP) is 4.05. The molecule has 4 rings (SSSR count). The van der Waals surface area contributed by atoms with Crippen LogP contribution in [0.4, 0.5) is 18.9 Å². The number of benzene rings is 2. The van der Waals surface area contributed by atoms with Gasteiger partial charge in [-0.2, -0.15) is 13.2 Å². The second-order valence-electron chi connectivity index (χ2n) is 6.74. The van der Waals surface area contributed by atoms with Crippen LogP contribution in [0.5, 0.6) is 5.75 Å². The number of rotatable bonds is 3. The number of halogens is 3. The summed E-state index contributed by atoms with van der Waals surface area (Å²) in [6.07, 6.45) is -4.49. The van der Waals surface area contributed by atoms with Crippen LogP contribution < -0.4 is 9.64 Å². The lowest BCUT2D eigenvalue weighted by atomic mass is 9.84. The van der Waals surface area contributed by atoms with Crippen LogP contribution in [-0.4, -0.2) is 25.6 Å². The molecule has 0 N–H and O–H groups in total. The summed E-state index contributed by atoms with van der Waals surface area (Å²) in [6.45, 7) is -0.110. The zero-order valence-corrected chi connectivity index (χ0v) is 15.3. The molecule has 1 amide bonds. The molecule has 1 atom stereocenters. The maximum atomic E-state index is 12.9. The van der Waals surface area contributed by atoms with E-state index < -0.39 is 23.6 Å². The zero-order chi connectivity index (χ0) is 20.8. The Morgan fingerprint density at radius 2 is 1.83 bits per heavy atom. The highest BCUT2D eigenvalue weighted by atomic mass is 19.4. The number of ether oxygens (including phenoxy) is 2. The molecule has 0 saturated carbocycles. The van der Waals surface area contributed by atoms with Crippen molar-refractivity contribution in [3.05, 3.63) is 70.9 Å². The summed E-state index contributed by atoms with van der Waals surface area (Å²) < 4.78 is 48.9. The van der Waals surface area contributed by atoms with Crippen LogP contribution in [0.1, 0.15) is 23.5 Å². The van der Waals surface area contributed by atoms with Crippen LogP contribution in [0.2, 0.25) is 0 Å². The number of anilines is 1. The van der Waals surface area contributed by atoms with Crippen molar-refractivity contribution in [1.82, 2.24) is 0 Å². The highest BCUT2D eigenvalue weighted by Crippen LogP contribution is 2.42. The van der Waals surface area contributed by atoms with Gasteiger partial charge in [-0.15, -0.1) is 0 Å². The summed E-state index contributed by atoms with van der Waals surface area (Å²) in [5.74, 6) is -0.770. The molecule has 2 aliphatic rings. The van der Waals surface area contributed by atoms with E-state index >= 15 is 0 Å². The van der Waals surface area contributed by atoms with Gasteiger partial charge < -0.3 is 9.47 Å². The number of hydrogen-bond donors (Lipinski definition) is 0. The zero-order valence-electron chi connectivity index (χ0n) is 15.3. The Kier molecular flexibility index (Phi) is 4.56. The minimum absolute atomic E-state index is 0.0118. The van der Waals surface area contributed by atoms with Crippen molar-refractivity contribution in [3.8, 4) is 5.75 Å². The average Bonchev–Trinajstić information content (AvgIpc) is 3.08. The van der Waals surface area contributed by atoms with Gasteiger partial charge >= 0.3 is 12.1 Å². The van der Waals surface area contributed by atoms with E-state index in [1.165, 1.54) is 24.1 Å². The van der Waals surface area contributed by atoms with Crippen molar-refractivity contribution in [3.63, 3.8) is 0 Å². The Bertz CT molecular complexity index is 1010. The van der Waals surface area contributed by atoms with Crippen LogP contribution >= 0.6 is 0 Å². The Morgan fingerprint density at radius 1 is 1.10 bits per heavy atom. The summed E-state index contributed by atoms with van der Waals surface area (Å²) in [7, 11) is 1.52. The van der Waals surface area contributed by atoms with Crippen molar-refractivity contribution in [2.45, 2.75) is 18.5 Å². The van der Waals surface area contributed by atoms with Gasteiger partial charge in [-0.05, 0) is 42.0 Å². The van der Waals surface area contributed by atoms with Crippen molar-refractivity contribution >= 4 is 17.6 Å². The van der Waals surface area contributed by atoms with E-state index in [0.29, 0.717) is 17.0 Å². The lowest BCUT2D eigenvalue weighted by molar-refractivity contribution is -0.138. The van der Waals surface area contributed by atoms with E-state index in [-0.39, 0.29) is 24.6 Å². The minimum atomic E-state index is -4.47. The molecule has 0 bridgehead atoms. The first-order chi connectivity index (χ1) is 13.8. The Hall–Kier alpha value is -3.29. The molecule has 2 aliphatic heterocycles. The standard InChI is InChI=1S/C21H16F3NO4/c1-28-15-4-2-3-12(9-15)16-10-18(26)25(17-11-29-20(27)19(16)17)14-7-5-13(6-8-14)21(22,23)24/h2-9,16H,10-11H2,1H3. The molecule has 2 aromatic carbocycles. The number of methoxy groups -OCH3 is 1. The third-order valence-corrected chi connectivity index (χ3v) is 5.07. The van der Waals surface area contributed by atoms with Gasteiger partial charge in [0.2, 0.25) is 5.91 Å². The van der Waals surface area contributed by atoms with E-state index in [4.69, 9.17) is 9.47 Å². The van der Waals surface area contributed by atoms with Gasteiger partial charge in [0.1, 0.15) is 12.4 Å². The molecule has 2 aromatic rings. The molecule has 0 spiro atoms. The molecular weight excluding hydrogens is 387 g/mol. The Labute approximate surface area is 164 Å². The van der Waals surface area contributed by atoms with Gasteiger partial charge in [-0.1, -0.05) is 12.1 Å². The first-order valence-electron chi connectivity index (χ1n) is 8.84. The lowest BCUT2D eigenvalue weighted by Crippen LogP contribution is -2.37. The highest BCUT2D eigenvalue weighted by molar-refractivity contribution is 6.06. The fourth-order valence-corrected chi connectivity index (χ4v) is 3.70. The molecule has 8 heteroatoms. The predicted molar refractivity (Wildman–Crippen MR) is 97.3 cm³/mol. The maximum Gasteiger partial charge on any atom is 0.416 e. The monoisotopic (exact) mass is 403 g/mol. The fourth-order valence-electron chi connectivity index (χ4n) is 3.70.